The lowest BCUT2D eigenvalue weighted by atomic mass is 9.76. The summed E-state index contributed by atoms with van der Waals surface area (Å²) in [7, 11) is 0. The molecule has 1 aromatic heterocycles. The Hall–Kier alpha value is -3.43. The third-order valence-electron chi connectivity index (χ3n) is 4.76. The summed E-state index contributed by atoms with van der Waals surface area (Å²) in [5, 5.41) is 3.17. The molecule has 0 unspecified atom stereocenters. The lowest BCUT2D eigenvalue weighted by Crippen LogP contribution is -2.34. The van der Waals surface area contributed by atoms with Gasteiger partial charge < -0.3 is 10.3 Å². The van der Waals surface area contributed by atoms with Gasteiger partial charge in [-0.3, -0.25) is 4.79 Å². The highest BCUT2D eigenvalue weighted by molar-refractivity contribution is 5.74. The van der Waals surface area contributed by atoms with Gasteiger partial charge in [-0.25, -0.2) is 9.78 Å². The number of nitrogens with zero attached hydrogens (tertiary/aromatic N) is 1. The van der Waals surface area contributed by atoms with Crippen LogP contribution in [0.2, 0.25) is 0 Å². The van der Waals surface area contributed by atoms with Gasteiger partial charge in [0.2, 0.25) is 0 Å². The molecular weight excluding hydrogens is 338 g/mol. The highest BCUT2D eigenvalue weighted by Gasteiger charge is 2.29. The normalized spacial score (nSPS) is 10.9. The van der Waals surface area contributed by atoms with Crippen LogP contribution in [-0.4, -0.2) is 22.5 Å². The first-order valence-electron chi connectivity index (χ1n) is 8.71. The number of hydrogen-bond acceptors (Lipinski definition) is 4. The van der Waals surface area contributed by atoms with E-state index in [1.54, 1.807) is 12.9 Å². The Balaban J connectivity index is 1.99. The van der Waals surface area contributed by atoms with E-state index < -0.39 is 0 Å². The molecule has 2 N–H and O–H groups in total. The average Bonchev–Trinajstić information content (AvgIpc) is 2.70. The number of aryl methyl sites for hydroxylation is 1. The SMILES string of the molecule is Cc1[nH]c(=O)c(NCC(C)(c2ccccc2)c2ccccc2)nc1C=C=O. The number of aromatic amines is 1. The maximum absolute atomic E-state index is 12.3. The molecule has 3 aromatic rings. The first kappa shape index (κ1) is 18.4. The largest absolute Gasteiger partial charge is 0.364 e. The Kier molecular flexibility index (Phi) is 5.34. The first-order chi connectivity index (χ1) is 13.0. The standard InChI is InChI=1S/C22H21N3O2/c1-16-19(13-14-26)25-20(21(27)24-16)23-15-22(2,17-9-5-3-6-10-17)18-11-7-4-8-12-18/h3-13H,15H2,1-2H3,(H,23,25)(H,24,27). The number of hydrogen-bond donors (Lipinski definition) is 2. The second kappa shape index (κ2) is 7.85. The lowest BCUT2D eigenvalue weighted by Gasteiger charge is -2.31. The molecule has 0 amide bonds. The Labute approximate surface area is 157 Å². The summed E-state index contributed by atoms with van der Waals surface area (Å²) in [5.74, 6) is 1.89. The molecule has 0 atom stereocenters. The Morgan fingerprint density at radius 2 is 1.63 bits per heavy atom. The van der Waals surface area contributed by atoms with Crippen LogP contribution in [0.3, 0.4) is 0 Å². The zero-order valence-corrected chi connectivity index (χ0v) is 15.3. The van der Waals surface area contributed by atoms with Crippen LogP contribution in [-0.2, 0) is 10.2 Å². The quantitative estimate of drug-likeness (QED) is 0.662. The maximum atomic E-state index is 12.3. The zero-order valence-electron chi connectivity index (χ0n) is 15.3. The van der Waals surface area contributed by atoms with Crippen LogP contribution in [0.1, 0.15) is 29.4 Å². The lowest BCUT2D eigenvalue weighted by molar-refractivity contribution is 0.570. The van der Waals surface area contributed by atoms with Crippen molar-refractivity contribution < 1.29 is 4.79 Å². The molecule has 136 valence electrons. The van der Waals surface area contributed by atoms with E-state index in [1.165, 1.54) is 6.08 Å². The smallest absolute Gasteiger partial charge is 0.290 e. The van der Waals surface area contributed by atoms with Crippen molar-refractivity contribution in [3.8, 4) is 0 Å². The minimum Gasteiger partial charge on any atom is -0.364 e. The van der Waals surface area contributed by atoms with Crippen LogP contribution in [0, 0.1) is 6.92 Å². The molecule has 0 saturated heterocycles. The third-order valence-corrected chi connectivity index (χ3v) is 4.76. The molecule has 0 fully saturated rings. The molecule has 1 heterocycles. The zero-order chi connectivity index (χ0) is 19.3. The number of anilines is 1. The molecule has 0 aliphatic carbocycles. The van der Waals surface area contributed by atoms with E-state index in [-0.39, 0.29) is 16.8 Å². The van der Waals surface area contributed by atoms with Crippen LogP contribution in [0.4, 0.5) is 5.82 Å². The molecule has 0 saturated carbocycles. The van der Waals surface area contributed by atoms with Gasteiger partial charge in [-0.2, -0.15) is 0 Å². The minimum atomic E-state index is -0.373. The Bertz CT molecular complexity index is 981. The van der Waals surface area contributed by atoms with Crippen LogP contribution in [0.25, 0.3) is 6.08 Å². The van der Waals surface area contributed by atoms with E-state index in [0.29, 0.717) is 17.9 Å². The summed E-state index contributed by atoms with van der Waals surface area (Å²) >= 11 is 0. The summed E-state index contributed by atoms with van der Waals surface area (Å²) in [4.78, 5) is 30.0. The van der Waals surface area contributed by atoms with E-state index in [1.807, 2.05) is 36.4 Å². The highest BCUT2D eigenvalue weighted by atomic mass is 16.1. The molecule has 5 nitrogen and oxygen atoms in total. The number of H-pyrrole nitrogens is 1. The van der Waals surface area contributed by atoms with Gasteiger partial charge in [0.1, 0.15) is 5.94 Å². The summed E-state index contributed by atoms with van der Waals surface area (Å²) in [6.45, 7) is 4.28. The summed E-state index contributed by atoms with van der Waals surface area (Å²) < 4.78 is 0. The molecule has 0 bridgehead atoms. The van der Waals surface area contributed by atoms with E-state index in [0.717, 1.165) is 11.1 Å². The van der Waals surface area contributed by atoms with Gasteiger partial charge >= 0.3 is 0 Å². The molecule has 2 aromatic carbocycles. The second-order valence-corrected chi connectivity index (χ2v) is 6.60. The van der Waals surface area contributed by atoms with Gasteiger partial charge in [-0.05, 0) is 25.0 Å². The van der Waals surface area contributed by atoms with Crippen LogP contribution in [0.15, 0.2) is 65.5 Å². The molecule has 0 aliphatic rings. The van der Waals surface area contributed by atoms with Crippen molar-refractivity contribution in [2.45, 2.75) is 19.3 Å². The molecule has 5 heteroatoms. The van der Waals surface area contributed by atoms with Gasteiger partial charge in [-0.1, -0.05) is 60.7 Å². The topological polar surface area (TPSA) is 74.8 Å². The Morgan fingerprint density at radius 1 is 1.07 bits per heavy atom. The van der Waals surface area contributed by atoms with Crippen molar-refractivity contribution in [1.82, 2.24) is 9.97 Å². The molecule has 0 aliphatic heterocycles. The number of carbonyl (C=O) groups excluding carboxylic acids is 1. The minimum absolute atomic E-state index is 0.181. The number of aromatic nitrogens is 2. The highest BCUT2D eigenvalue weighted by Crippen LogP contribution is 2.31. The van der Waals surface area contributed by atoms with Crippen molar-refractivity contribution in [3.05, 3.63) is 93.5 Å². The van der Waals surface area contributed by atoms with Crippen molar-refractivity contribution in [2.24, 2.45) is 0 Å². The van der Waals surface area contributed by atoms with Crippen molar-refractivity contribution in [1.29, 1.82) is 0 Å². The van der Waals surface area contributed by atoms with Crippen molar-refractivity contribution >= 4 is 17.8 Å². The van der Waals surface area contributed by atoms with Gasteiger partial charge in [-0.15, -0.1) is 0 Å². The predicted octanol–water partition coefficient (Wildman–Crippen LogP) is 3.34. The summed E-state index contributed by atoms with van der Waals surface area (Å²) in [6, 6.07) is 20.2. The predicted molar refractivity (Wildman–Crippen MR) is 108 cm³/mol. The summed E-state index contributed by atoms with van der Waals surface area (Å²) in [6.07, 6.45) is 1.21. The van der Waals surface area contributed by atoms with Gasteiger partial charge in [0.15, 0.2) is 5.82 Å². The van der Waals surface area contributed by atoms with E-state index >= 15 is 0 Å². The number of benzene rings is 2. The van der Waals surface area contributed by atoms with Gasteiger partial charge in [0, 0.05) is 23.7 Å². The van der Waals surface area contributed by atoms with Crippen molar-refractivity contribution in [2.75, 3.05) is 11.9 Å². The fourth-order valence-corrected chi connectivity index (χ4v) is 3.11. The first-order valence-corrected chi connectivity index (χ1v) is 8.71. The van der Waals surface area contributed by atoms with Crippen LogP contribution >= 0.6 is 0 Å². The summed E-state index contributed by atoms with van der Waals surface area (Å²) in [5.41, 5.74) is 2.48. The third kappa shape index (κ3) is 3.89. The Morgan fingerprint density at radius 3 is 2.15 bits per heavy atom. The van der Waals surface area contributed by atoms with E-state index in [9.17, 15) is 9.59 Å². The van der Waals surface area contributed by atoms with E-state index in [4.69, 9.17) is 0 Å². The van der Waals surface area contributed by atoms with Crippen LogP contribution < -0.4 is 10.9 Å². The molecule has 0 spiro atoms. The van der Waals surface area contributed by atoms with E-state index in [2.05, 4.69) is 46.5 Å². The average molecular weight is 359 g/mol. The van der Waals surface area contributed by atoms with Crippen LogP contribution in [0.5, 0.6) is 0 Å². The maximum Gasteiger partial charge on any atom is 0.290 e. The second-order valence-electron chi connectivity index (χ2n) is 6.60. The fraction of sp³-hybridized carbons (Fsp3) is 0.182. The molecular formula is C22H21N3O2. The molecule has 3 rings (SSSR count). The number of nitrogens with one attached hydrogen (secondary N) is 2. The molecule has 0 radical (unpaired) electrons. The van der Waals surface area contributed by atoms with Crippen molar-refractivity contribution in [3.63, 3.8) is 0 Å². The molecule has 27 heavy (non-hydrogen) atoms. The monoisotopic (exact) mass is 359 g/mol. The fourth-order valence-electron chi connectivity index (χ4n) is 3.11. The van der Waals surface area contributed by atoms with Gasteiger partial charge in [0.05, 0.1) is 5.69 Å². The van der Waals surface area contributed by atoms with Gasteiger partial charge in [0.25, 0.3) is 5.56 Å². The number of rotatable bonds is 6.